The summed E-state index contributed by atoms with van der Waals surface area (Å²) in [6.07, 6.45) is 1.74. The van der Waals surface area contributed by atoms with Gasteiger partial charge in [0.1, 0.15) is 5.69 Å². The van der Waals surface area contributed by atoms with Crippen molar-refractivity contribution in [1.82, 2.24) is 20.0 Å². The number of carbonyl (C=O) groups excluding carboxylic acids is 1. The fourth-order valence-corrected chi connectivity index (χ4v) is 3.02. The van der Waals surface area contributed by atoms with Crippen LogP contribution in [-0.4, -0.2) is 52.2 Å². The molecule has 4 rings (SSSR count). The lowest BCUT2D eigenvalue weighted by Crippen LogP contribution is -2.36. The van der Waals surface area contributed by atoms with E-state index in [1.165, 1.54) is 19.2 Å². The molecule has 1 aliphatic rings. The molecular formula is C20H21N7O3. The predicted octanol–water partition coefficient (Wildman–Crippen LogP) is 1.40. The van der Waals surface area contributed by atoms with Crippen molar-refractivity contribution < 1.29 is 9.53 Å². The average molecular weight is 407 g/mol. The zero-order chi connectivity index (χ0) is 20.9. The number of nitrogens with one attached hydrogen (secondary N) is 2. The molecule has 0 unspecified atom stereocenters. The first-order valence-corrected chi connectivity index (χ1v) is 9.47. The molecule has 10 nitrogen and oxygen atoms in total. The second-order valence-corrected chi connectivity index (χ2v) is 6.74. The largest absolute Gasteiger partial charge is 0.378 e. The van der Waals surface area contributed by atoms with Crippen molar-refractivity contribution in [2.24, 2.45) is 7.05 Å². The van der Waals surface area contributed by atoms with E-state index in [1.54, 1.807) is 18.3 Å². The van der Waals surface area contributed by atoms with Crippen LogP contribution in [0, 0.1) is 0 Å². The van der Waals surface area contributed by atoms with Crippen LogP contribution in [-0.2, 0) is 11.8 Å². The van der Waals surface area contributed by atoms with Gasteiger partial charge in [-0.25, -0.2) is 4.68 Å². The van der Waals surface area contributed by atoms with Crippen molar-refractivity contribution in [2.45, 2.75) is 0 Å². The molecule has 0 spiro atoms. The molecule has 2 N–H and O–H groups in total. The molecule has 1 amide bonds. The van der Waals surface area contributed by atoms with Crippen LogP contribution in [0.4, 0.5) is 22.9 Å². The summed E-state index contributed by atoms with van der Waals surface area (Å²) in [6, 6.07) is 11.8. The van der Waals surface area contributed by atoms with Crippen LogP contribution in [0.5, 0.6) is 0 Å². The second-order valence-electron chi connectivity index (χ2n) is 6.74. The topological polar surface area (TPSA) is 114 Å². The number of anilines is 4. The lowest BCUT2D eigenvalue weighted by atomic mass is 10.2. The fourth-order valence-electron chi connectivity index (χ4n) is 3.02. The van der Waals surface area contributed by atoms with Crippen molar-refractivity contribution in [3.05, 3.63) is 64.7 Å². The van der Waals surface area contributed by atoms with Crippen LogP contribution in [0.15, 0.2) is 53.5 Å². The third kappa shape index (κ3) is 4.61. The second kappa shape index (κ2) is 8.70. The van der Waals surface area contributed by atoms with E-state index < -0.39 is 5.91 Å². The first-order chi connectivity index (χ1) is 14.6. The highest BCUT2D eigenvalue weighted by Gasteiger charge is 2.13. The number of amides is 1. The molecule has 3 aromatic rings. The molecule has 154 valence electrons. The number of morpholine rings is 1. The Labute approximate surface area is 172 Å². The average Bonchev–Trinajstić information content (AvgIpc) is 2.78. The standard InChI is InChI=1S/C20H21N7O3/c1-26-19(28)7-6-17(25-26)20(29)23-15-4-2-14(3-5-15)22-18-12-16(13-21-24-18)27-8-10-30-11-9-27/h2-7,12-13H,8-11H2,1H3,(H,22,24)(H,23,29). The fraction of sp³-hybridized carbons (Fsp3) is 0.250. The highest BCUT2D eigenvalue weighted by molar-refractivity contribution is 6.02. The van der Waals surface area contributed by atoms with E-state index in [-0.39, 0.29) is 11.3 Å². The summed E-state index contributed by atoms with van der Waals surface area (Å²) in [7, 11) is 1.50. The minimum absolute atomic E-state index is 0.162. The maximum atomic E-state index is 12.3. The minimum atomic E-state index is -0.393. The normalized spacial score (nSPS) is 13.7. The van der Waals surface area contributed by atoms with E-state index in [0.717, 1.165) is 29.1 Å². The van der Waals surface area contributed by atoms with Gasteiger partial charge in [-0.2, -0.15) is 10.2 Å². The van der Waals surface area contributed by atoms with Gasteiger partial charge < -0.3 is 20.3 Å². The van der Waals surface area contributed by atoms with Crippen molar-refractivity contribution in [2.75, 3.05) is 41.8 Å². The monoisotopic (exact) mass is 407 g/mol. The van der Waals surface area contributed by atoms with E-state index in [9.17, 15) is 9.59 Å². The number of hydrogen-bond donors (Lipinski definition) is 2. The molecule has 0 bridgehead atoms. The Morgan fingerprint density at radius 3 is 2.53 bits per heavy atom. The number of rotatable bonds is 5. The maximum absolute atomic E-state index is 12.3. The quantitative estimate of drug-likeness (QED) is 0.652. The number of hydrogen-bond acceptors (Lipinski definition) is 8. The predicted molar refractivity (Wildman–Crippen MR) is 112 cm³/mol. The molecule has 0 radical (unpaired) electrons. The molecule has 1 aliphatic heterocycles. The van der Waals surface area contributed by atoms with Gasteiger partial charge in [-0.3, -0.25) is 9.59 Å². The van der Waals surface area contributed by atoms with Gasteiger partial charge in [0, 0.05) is 43.6 Å². The zero-order valence-corrected chi connectivity index (χ0v) is 16.4. The summed E-state index contributed by atoms with van der Waals surface area (Å²) in [4.78, 5) is 25.9. The molecule has 2 aromatic heterocycles. The van der Waals surface area contributed by atoms with Crippen molar-refractivity contribution >= 4 is 28.8 Å². The molecule has 0 saturated carbocycles. The number of aromatic nitrogens is 4. The van der Waals surface area contributed by atoms with Crippen molar-refractivity contribution in [1.29, 1.82) is 0 Å². The van der Waals surface area contributed by atoms with Gasteiger partial charge >= 0.3 is 0 Å². The molecule has 10 heteroatoms. The minimum Gasteiger partial charge on any atom is -0.378 e. The van der Waals surface area contributed by atoms with Crippen LogP contribution in [0.25, 0.3) is 0 Å². The molecule has 0 aliphatic carbocycles. The third-order valence-corrected chi connectivity index (χ3v) is 4.62. The lowest BCUT2D eigenvalue weighted by Gasteiger charge is -2.28. The van der Waals surface area contributed by atoms with Crippen LogP contribution in [0.1, 0.15) is 10.5 Å². The molecule has 30 heavy (non-hydrogen) atoms. The Bertz CT molecular complexity index is 1090. The Morgan fingerprint density at radius 1 is 1.07 bits per heavy atom. The van der Waals surface area contributed by atoms with E-state index in [1.807, 2.05) is 18.2 Å². The first kappa shape index (κ1) is 19.5. The Kier molecular flexibility index (Phi) is 5.66. The molecule has 0 atom stereocenters. The number of aryl methyl sites for hydroxylation is 1. The maximum Gasteiger partial charge on any atom is 0.276 e. The van der Waals surface area contributed by atoms with Gasteiger partial charge in [-0.1, -0.05) is 0 Å². The van der Waals surface area contributed by atoms with Gasteiger partial charge in [0.25, 0.3) is 11.5 Å². The SMILES string of the molecule is Cn1nc(C(=O)Nc2ccc(Nc3cc(N4CCOCC4)cnn3)cc2)ccc1=O. The van der Waals surface area contributed by atoms with E-state index >= 15 is 0 Å². The highest BCUT2D eigenvalue weighted by Crippen LogP contribution is 2.21. The molecule has 1 saturated heterocycles. The van der Waals surface area contributed by atoms with Gasteiger partial charge in [0.05, 0.1) is 25.1 Å². The number of carbonyl (C=O) groups is 1. The third-order valence-electron chi connectivity index (χ3n) is 4.62. The van der Waals surface area contributed by atoms with Crippen LogP contribution >= 0.6 is 0 Å². The van der Waals surface area contributed by atoms with E-state index in [4.69, 9.17) is 4.74 Å². The Morgan fingerprint density at radius 2 is 1.80 bits per heavy atom. The van der Waals surface area contributed by atoms with Crippen LogP contribution in [0.3, 0.4) is 0 Å². The summed E-state index contributed by atoms with van der Waals surface area (Å²) in [5.74, 6) is 0.237. The zero-order valence-electron chi connectivity index (χ0n) is 16.4. The molecular weight excluding hydrogens is 386 g/mol. The van der Waals surface area contributed by atoms with Gasteiger partial charge in [-0.15, -0.1) is 5.10 Å². The molecule has 1 aromatic carbocycles. The molecule has 3 heterocycles. The van der Waals surface area contributed by atoms with Gasteiger partial charge in [0.15, 0.2) is 5.82 Å². The summed E-state index contributed by atoms with van der Waals surface area (Å²) in [6.45, 7) is 3.05. The number of nitrogens with zero attached hydrogens (tertiary/aromatic N) is 5. The summed E-state index contributed by atoms with van der Waals surface area (Å²) in [5.41, 5.74) is 2.29. The Hall–Kier alpha value is -3.79. The highest BCUT2D eigenvalue weighted by atomic mass is 16.5. The number of benzene rings is 1. The summed E-state index contributed by atoms with van der Waals surface area (Å²) < 4.78 is 6.50. The van der Waals surface area contributed by atoms with E-state index in [2.05, 4.69) is 30.8 Å². The summed E-state index contributed by atoms with van der Waals surface area (Å²) in [5, 5.41) is 18.1. The van der Waals surface area contributed by atoms with Gasteiger partial charge in [0.2, 0.25) is 0 Å². The summed E-state index contributed by atoms with van der Waals surface area (Å²) >= 11 is 0. The first-order valence-electron chi connectivity index (χ1n) is 9.47. The van der Waals surface area contributed by atoms with Crippen molar-refractivity contribution in [3.8, 4) is 0 Å². The molecule has 1 fully saturated rings. The lowest BCUT2D eigenvalue weighted by molar-refractivity contribution is 0.102. The number of ether oxygens (including phenoxy) is 1. The Balaban J connectivity index is 1.40. The van der Waals surface area contributed by atoms with Crippen LogP contribution < -0.4 is 21.1 Å². The van der Waals surface area contributed by atoms with E-state index in [0.29, 0.717) is 24.7 Å². The smallest absolute Gasteiger partial charge is 0.276 e. The van der Waals surface area contributed by atoms with Crippen molar-refractivity contribution in [3.63, 3.8) is 0 Å². The van der Waals surface area contributed by atoms with Crippen LogP contribution in [0.2, 0.25) is 0 Å². The van der Waals surface area contributed by atoms with Gasteiger partial charge in [-0.05, 0) is 30.3 Å².